The van der Waals surface area contributed by atoms with Crippen LogP contribution in [0.25, 0.3) is 0 Å². The third-order valence-corrected chi connectivity index (χ3v) is 5.06. The standard InChI is InChI=1S/C17H16BrClFN/c1-10-6-16(20)14(18)9-17(10)21-12-7-11(8-12)13-4-2-3-5-15(13)19/h2-6,9,11-12,21H,7-8H2,1H3. The molecule has 0 aromatic heterocycles. The van der Waals surface area contributed by atoms with Crippen molar-refractivity contribution in [2.45, 2.75) is 31.7 Å². The highest BCUT2D eigenvalue weighted by atomic mass is 79.9. The van der Waals surface area contributed by atoms with E-state index in [9.17, 15) is 4.39 Å². The molecule has 1 aliphatic carbocycles. The molecule has 0 heterocycles. The van der Waals surface area contributed by atoms with Gasteiger partial charge in [0.05, 0.1) is 4.47 Å². The number of benzene rings is 2. The minimum atomic E-state index is -0.222. The average molecular weight is 369 g/mol. The maximum atomic E-state index is 13.4. The van der Waals surface area contributed by atoms with Crippen molar-refractivity contribution < 1.29 is 4.39 Å². The van der Waals surface area contributed by atoms with Crippen LogP contribution in [-0.2, 0) is 0 Å². The highest BCUT2D eigenvalue weighted by Crippen LogP contribution is 2.41. The van der Waals surface area contributed by atoms with Crippen LogP contribution in [0.3, 0.4) is 0 Å². The lowest BCUT2D eigenvalue weighted by Crippen LogP contribution is -2.34. The summed E-state index contributed by atoms with van der Waals surface area (Å²) in [6.45, 7) is 1.92. The molecule has 1 saturated carbocycles. The third-order valence-electron chi connectivity index (χ3n) is 4.11. The first-order chi connectivity index (χ1) is 10.0. The number of rotatable bonds is 3. The van der Waals surface area contributed by atoms with Crippen LogP contribution in [0.5, 0.6) is 0 Å². The predicted octanol–water partition coefficient (Wildman–Crippen LogP) is 5.91. The zero-order valence-electron chi connectivity index (χ0n) is 11.7. The molecule has 0 atom stereocenters. The van der Waals surface area contributed by atoms with Gasteiger partial charge in [0.1, 0.15) is 5.82 Å². The monoisotopic (exact) mass is 367 g/mol. The summed E-state index contributed by atoms with van der Waals surface area (Å²) < 4.78 is 13.9. The molecule has 3 rings (SSSR count). The van der Waals surface area contributed by atoms with Crippen molar-refractivity contribution in [2.24, 2.45) is 0 Å². The minimum absolute atomic E-state index is 0.222. The minimum Gasteiger partial charge on any atom is -0.382 e. The molecule has 1 aliphatic rings. The molecule has 0 bridgehead atoms. The molecule has 1 nitrogen and oxygen atoms in total. The smallest absolute Gasteiger partial charge is 0.137 e. The molecular formula is C17H16BrClFN. The fourth-order valence-corrected chi connectivity index (χ4v) is 3.45. The van der Waals surface area contributed by atoms with E-state index in [1.807, 2.05) is 31.2 Å². The second-order valence-electron chi connectivity index (χ2n) is 5.61. The molecule has 0 aliphatic heterocycles. The van der Waals surface area contributed by atoms with Gasteiger partial charge >= 0.3 is 0 Å². The van der Waals surface area contributed by atoms with E-state index in [1.54, 1.807) is 6.07 Å². The predicted molar refractivity (Wildman–Crippen MR) is 89.7 cm³/mol. The fourth-order valence-electron chi connectivity index (χ4n) is 2.82. The van der Waals surface area contributed by atoms with E-state index in [1.165, 1.54) is 5.56 Å². The first kappa shape index (κ1) is 14.9. The summed E-state index contributed by atoms with van der Waals surface area (Å²) in [5.74, 6) is 0.293. The molecule has 0 saturated heterocycles. The molecule has 0 radical (unpaired) electrons. The van der Waals surface area contributed by atoms with Crippen molar-refractivity contribution in [1.82, 2.24) is 0 Å². The third kappa shape index (κ3) is 3.09. The zero-order chi connectivity index (χ0) is 15.0. The maximum Gasteiger partial charge on any atom is 0.137 e. The van der Waals surface area contributed by atoms with Crippen LogP contribution in [0.2, 0.25) is 5.02 Å². The van der Waals surface area contributed by atoms with Crippen molar-refractivity contribution in [1.29, 1.82) is 0 Å². The van der Waals surface area contributed by atoms with Crippen LogP contribution in [0.15, 0.2) is 40.9 Å². The van der Waals surface area contributed by atoms with Gasteiger partial charge in [-0.25, -0.2) is 4.39 Å². The van der Waals surface area contributed by atoms with E-state index >= 15 is 0 Å². The summed E-state index contributed by atoms with van der Waals surface area (Å²) in [7, 11) is 0. The van der Waals surface area contributed by atoms with Gasteiger partial charge in [0.25, 0.3) is 0 Å². The van der Waals surface area contributed by atoms with Gasteiger partial charge in [0.15, 0.2) is 0 Å². The van der Waals surface area contributed by atoms with E-state index in [0.29, 0.717) is 16.4 Å². The van der Waals surface area contributed by atoms with Crippen molar-refractivity contribution in [3.05, 3.63) is 62.8 Å². The van der Waals surface area contributed by atoms with Crippen LogP contribution < -0.4 is 5.32 Å². The van der Waals surface area contributed by atoms with Gasteiger partial charge in [-0.2, -0.15) is 0 Å². The molecule has 1 N–H and O–H groups in total. The number of halogens is 3. The van der Waals surface area contributed by atoms with Gasteiger partial charge in [-0.05, 0) is 70.9 Å². The number of anilines is 1. The Morgan fingerprint density at radius 1 is 1.24 bits per heavy atom. The Morgan fingerprint density at radius 2 is 1.95 bits per heavy atom. The Hall–Kier alpha value is -1.06. The van der Waals surface area contributed by atoms with Gasteiger partial charge in [-0.1, -0.05) is 29.8 Å². The van der Waals surface area contributed by atoms with Crippen LogP contribution in [-0.4, -0.2) is 6.04 Å². The maximum absolute atomic E-state index is 13.4. The highest BCUT2D eigenvalue weighted by molar-refractivity contribution is 9.10. The summed E-state index contributed by atoms with van der Waals surface area (Å²) in [5.41, 5.74) is 3.15. The summed E-state index contributed by atoms with van der Waals surface area (Å²) in [5, 5.41) is 4.34. The Kier molecular flexibility index (Phi) is 4.23. The molecular weight excluding hydrogens is 353 g/mol. The molecule has 110 valence electrons. The lowest BCUT2D eigenvalue weighted by atomic mass is 9.75. The van der Waals surface area contributed by atoms with Gasteiger partial charge < -0.3 is 5.32 Å². The zero-order valence-corrected chi connectivity index (χ0v) is 14.0. The van der Waals surface area contributed by atoms with E-state index in [4.69, 9.17) is 11.6 Å². The second kappa shape index (κ2) is 5.98. The molecule has 2 aromatic carbocycles. The van der Waals surface area contributed by atoms with E-state index in [-0.39, 0.29) is 5.82 Å². The topological polar surface area (TPSA) is 12.0 Å². The van der Waals surface area contributed by atoms with Crippen LogP contribution in [0.1, 0.15) is 29.9 Å². The largest absolute Gasteiger partial charge is 0.382 e. The lowest BCUT2D eigenvalue weighted by molar-refractivity contribution is 0.374. The van der Waals surface area contributed by atoms with Gasteiger partial charge in [-0.15, -0.1) is 0 Å². The fraction of sp³-hybridized carbons (Fsp3) is 0.294. The van der Waals surface area contributed by atoms with Crippen molar-refractivity contribution in [3.8, 4) is 0 Å². The normalized spacial score (nSPS) is 21.0. The summed E-state index contributed by atoms with van der Waals surface area (Å²) in [6.07, 6.45) is 2.11. The average Bonchev–Trinajstić information content (AvgIpc) is 2.40. The quantitative estimate of drug-likeness (QED) is 0.710. The van der Waals surface area contributed by atoms with Gasteiger partial charge in [0, 0.05) is 16.8 Å². The summed E-state index contributed by atoms with van der Waals surface area (Å²) >= 11 is 9.47. The molecule has 0 spiro atoms. The molecule has 1 fully saturated rings. The highest BCUT2D eigenvalue weighted by Gasteiger charge is 2.31. The molecule has 4 heteroatoms. The first-order valence-corrected chi connectivity index (χ1v) is 8.18. The first-order valence-electron chi connectivity index (χ1n) is 7.01. The number of aryl methyl sites for hydroxylation is 1. The van der Waals surface area contributed by atoms with E-state index in [0.717, 1.165) is 29.1 Å². The number of hydrogen-bond acceptors (Lipinski definition) is 1. The van der Waals surface area contributed by atoms with Crippen LogP contribution in [0.4, 0.5) is 10.1 Å². The Morgan fingerprint density at radius 3 is 2.67 bits per heavy atom. The second-order valence-corrected chi connectivity index (χ2v) is 6.87. The molecule has 2 aromatic rings. The molecule has 21 heavy (non-hydrogen) atoms. The van der Waals surface area contributed by atoms with E-state index < -0.39 is 0 Å². The van der Waals surface area contributed by atoms with Crippen LogP contribution >= 0.6 is 27.5 Å². The summed E-state index contributed by atoms with van der Waals surface area (Å²) in [6, 6.07) is 11.8. The summed E-state index contributed by atoms with van der Waals surface area (Å²) in [4.78, 5) is 0. The van der Waals surface area contributed by atoms with Gasteiger partial charge in [-0.3, -0.25) is 0 Å². The number of hydrogen-bond donors (Lipinski definition) is 1. The van der Waals surface area contributed by atoms with Crippen molar-refractivity contribution in [2.75, 3.05) is 5.32 Å². The molecule has 0 unspecified atom stereocenters. The lowest BCUT2D eigenvalue weighted by Gasteiger charge is -2.37. The van der Waals surface area contributed by atoms with Gasteiger partial charge in [0.2, 0.25) is 0 Å². The Bertz CT molecular complexity index is 668. The number of nitrogens with one attached hydrogen (secondary N) is 1. The van der Waals surface area contributed by atoms with E-state index in [2.05, 4.69) is 27.3 Å². The SMILES string of the molecule is Cc1cc(F)c(Br)cc1NC1CC(c2ccccc2Cl)C1. The van der Waals surface area contributed by atoms with Crippen molar-refractivity contribution in [3.63, 3.8) is 0 Å². The Labute approximate surface area is 137 Å². The van der Waals surface area contributed by atoms with Crippen LogP contribution in [0, 0.1) is 12.7 Å². The Balaban J connectivity index is 1.65. The van der Waals surface area contributed by atoms with Crippen molar-refractivity contribution >= 4 is 33.2 Å². The molecule has 0 amide bonds.